The number of fused-ring (bicyclic) bond motifs is 2. The molecule has 8 nitrogen and oxygen atoms in total. The summed E-state index contributed by atoms with van der Waals surface area (Å²) in [5, 5.41) is 5.50. The Hall–Kier alpha value is -3.68. The SMILES string of the molecule is CC(C)OC(=O)c1ccc(NC(=O)CN2C(=O)NC3(CCCc4ccccc43)C2=O)cc1. The molecule has 4 rings (SSSR count). The maximum absolute atomic E-state index is 13.3. The van der Waals surface area contributed by atoms with E-state index in [0.29, 0.717) is 17.7 Å². The van der Waals surface area contributed by atoms with Crippen LogP contribution in [0.15, 0.2) is 48.5 Å². The molecule has 1 fully saturated rings. The van der Waals surface area contributed by atoms with Gasteiger partial charge < -0.3 is 15.4 Å². The van der Waals surface area contributed by atoms with Crippen LogP contribution in [0.3, 0.4) is 0 Å². The highest BCUT2D eigenvalue weighted by atomic mass is 16.5. The van der Waals surface area contributed by atoms with Crippen molar-refractivity contribution >= 4 is 29.5 Å². The molecule has 0 radical (unpaired) electrons. The fourth-order valence-electron chi connectivity index (χ4n) is 4.27. The van der Waals surface area contributed by atoms with Crippen LogP contribution in [0.2, 0.25) is 0 Å². The van der Waals surface area contributed by atoms with Crippen molar-refractivity contribution in [3.8, 4) is 0 Å². The minimum absolute atomic E-state index is 0.231. The molecule has 2 N–H and O–H groups in total. The Labute approximate surface area is 185 Å². The number of amides is 4. The van der Waals surface area contributed by atoms with Crippen LogP contribution in [0.5, 0.6) is 0 Å². The standard InChI is InChI=1S/C24H25N3O5/c1-15(2)32-21(29)17-9-11-18(12-10-17)25-20(28)14-27-22(30)24(26-23(27)31)13-5-7-16-6-3-4-8-19(16)24/h3-4,6,8-12,15H,5,7,13-14H2,1-2H3,(H,25,28)(H,26,31). The van der Waals surface area contributed by atoms with Crippen molar-refractivity contribution in [3.05, 3.63) is 65.2 Å². The van der Waals surface area contributed by atoms with Gasteiger partial charge in [0.25, 0.3) is 5.91 Å². The summed E-state index contributed by atoms with van der Waals surface area (Å²) in [6, 6.07) is 13.2. The average Bonchev–Trinajstić information content (AvgIpc) is 2.99. The smallest absolute Gasteiger partial charge is 0.338 e. The zero-order valence-corrected chi connectivity index (χ0v) is 18.0. The molecule has 1 spiro atoms. The van der Waals surface area contributed by atoms with Crippen molar-refractivity contribution in [2.75, 3.05) is 11.9 Å². The number of carbonyl (C=O) groups excluding carboxylic acids is 4. The second-order valence-corrected chi connectivity index (χ2v) is 8.32. The van der Waals surface area contributed by atoms with Crippen molar-refractivity contribution in [1.29, 1.82) is 0 Å². The van der Waals surface area contributed by atoms with E-state index in [1.54, 1.807) is 38.1 Å². The van der Waals surface area contributed by atoms with E-state index in [2.05, 4.69) is 10.6 Å². The first kappa shape index (κ1) is 21.5. The van der Waals surface area contributed by atoms with Gasteiger partial charge in [0.05, 0.1) is 11.7 Å². The van der Waals surface area contributed by atoms with Crippen molar-refractivity contribution in [2.24, 2.45) is 0 Å². The molecule has 2 aliphatic rings. The van der Waals surface area contributed by atoms with E-state index in [4.69, 9.17) is 4.74 Å². The van der Waals surface area contributed by atoms with Crippen LogP contribution in [0.25, 0.3) is 0 Å². The zero-order chi connectivity index (χ0) is 22.9. The summed E-state index contributed by atoms with van der Waals surface area (Å²) in [5.41, 5.74) is 1.54. The predicted molar refractivity (Wildman–Crippen MR) is 117 cm³/mol. The van der Waals surface area contributed by atoms with E-state index in [1.807, 2.05) is 24.3 Å². The van der Waals surface area contributed by atoms with Crippen LogP contribution in [-0.4, -0.2) is 41.4 Å². The number of urea groups is 1. The van der Waals surface area contributed by atoms with Crippen LogP contribution in [0.1, 0.15) is 48.2 Å². The molecule has 8 heteroatoms. The minimum Gasteiger partial charge on any atom is -0.459 e. The Morgan fingerprint density at radius 3 is 2.56 bits per heavy atom. The molecule has 1 atom stereocenters. The van der Waals surface area contributed by atoms with Crippen LogP contribution >= 0.6 is 0 Å². The highest BCUT2D eigenvalue weighted by molar-refractivity contribution is 6.10. The third kappa shape index (κ3) is 3.95. The van der Waals surface area contributed by atoms with E-state index in [1.165, 1.54) is 0 Å². The van der Waals surface area contributed by atoms with Gasteiger partial charge in [0.1, 0.15) is 12.1 Å². The number of ether oxygens (including phenoxy) is 1. The van der Waals surface area contributed by atoms with Crippen LogP contribution < -0.4 is 10.6 Å². The van der Waals surface area contributed by atoms with E-state index >= 15 is 0 Å². The number of hydrogen-bond donors (Lipinski definition) is 2. The first-order chi connectivity index (χ1) is 15.3. The molecule has 1 heterocycles. The number of hydrogen-bond acceptors (Lipinski definition) is 5. The molecule has 4 amide bonds. The Balaban J connectivity index is 1.44. The second kappa shape index (κ2) is 8.45. The molecular weight excluding hydrogens is 410 g/mol. The molecule has 0 aromatic heterocycles. The molecule has 32 heavy (non-hydrogen) atoms. The second-order valence-electron chi connectivity index (χ2n) is 8.32. The third-order valence-electron chi connectivity index (χ3n) is 5.70. The summed E-state index contributed by atoms with van der Waals surface area (Å²) in [4.78, 5) is 51.3. The number of rotatable bonds is 5. The lowest BCUT2D eigenvalue weighted by Gasteiger charge is -2.33. The number of imide groups is 1. The molecule has 0 bridgehead atoms. The first-order valence-electron chi connectivity index (χ1n) is 10.6. The summed E-state index contributed by atoms with van der Waals surface area (Å²) in [6.07, 6.45) is 1.89. The Morgan fingerprint density at radius 1 is 1.12 bits per heavy atom. The number of aryl methyl sites for hydroxylation is 1. The zero-order valence-electron chi connectivity index (χ0n) is 18.0. The lowest BCUT2D eigenvalue weighted by Crippen LogP contribution is -2.47. The molecule has 1 unspecified atom stereocenters. The minimum atomic E-state index is -1.11. The van der Waals surface area contributed by atoms with Gasteiger partial charge in [-0.25, -0.2) is 9.59 Å². The highest BCUT2D eigenvalue weighted by Gasteiger charge is 2.54. The summed E-state index contributed by atoms with van der Waals surface area (Å²) >= 11 is 0. The summed E-state index contributed by atoms with van der Waals surface area (Å²) in [6.45, 7) is 3.13. The molecular formula is C24H25N3O5. The number of nitrogens with one attached hydrogen (secondary N) is 2. The average molecular weight is 435 g/mol. The monoisotopic (exact) mass is 435 g/mol. The Bertz CT molecular complexity index is 1080. The van der Waals surface area contributed by atoms with E-state index in [-0.39, 0.29) is 6.10 Å². The van der Waals surface area contributed by atoms with Crippen molar-refractivity contribution in [2.45, 2.75) is 44.8 Å². The van der Waals surface area contributed by atoms with Gasteiger partial charge >= 0.3 is 12.0 Å². The van der Waals surface area contributed by atoms with Gasteiger partial charge in [-0.3, -0.25) is 14.5 Å². The number of anilines is 1. The van der Waals surface area contributed by atoms with Gasteiger partial charge in [0.2, 0.25) is 5.91 Å². The fourth-order valence-corrected chi connectivity index (χ4v) is 4.27. The maximum Gasteiger partial charge on any atom is 0.338 e. The normalized spacial score (nSPS) is 19.7. The molecule has 1 saturated heterocycles. The first-order valence-corrected chi connectivity index (χ1v) is 10.6. The highest BCUT2D eigenvalue weighted by Crippen LogP contribution is 2.39. The predicted octanol–water partition coefficient (Wildman–Crippen LogP) is 2.97. The molecule has 2 aromatic rings. The molecule has 1 aliphatic carbocycles. The number of esters is 1. The van der Waals surface area contributed by atoms with Crippen LogP contribution in [0.4, 0.5) is 10.5 Å². The van der Waals surface area contributed by atoms with Gasteiger partial charge in [0.15, 0.2) is 0 Å². The number of benzene rings is 2. The third-order valence-corrected chi connectivity index (χ3v) is 5.70. The van der Waals surface area contributed by atoms with Crippen LogP contribution in [0, 0.1) is 0 Å². The van der Waals surface area contributed by atoms with Gasteiger partial charge in [-0.15, -0.1) is 0 Å². The van der Waals surface area contributed by atoms with Gasteiger partial charge in [-0.05, 0) is 68.5 Å². The Kier molecular flexibility index (Phi) is 5.69. The lowest BCUT2D eigenvalue weighted by atomic mass is 9.76. The Morgan fingerprint density at radius 2 is 1.84 bits per heavy atom. The fraction of sp³-hybridized carbons (Fsp3) is 0.333. The van der Waals surface area contributed by atoms with Crippen molar-refractivity contribution in [3.63, 3.8) is 0 Å². The maximum atomic E-state index is 13.3. The van der Waals surface area contributed by atoms with E-state index < -0.39 is 35.9 Å². The van der Waals surface area contributed by atoms with Crippen molar-refractivity contribution in [1.82, 2.24) is 10.2 Å². The van der Waals surface area contributed by atoms with E-state index in [9.17, 15) is 19.2 Å². The van der Waals surface area contributed by atoms with Crippen LogP contribution in [-0.2, 0) is 26.3 Å². The van der Waals surface area contributed by atoms with Gasteiger partial charge in [0, 0.05) is 5.69 Å². The molecule has 0 saturated carbocycles. The summed E-state index contributed by atoms with van der Waals surface area (Å²) in [5.74, 6) is -1.36. The summed E-state index contributed by atoms with van der Waals surface area (Å²) < 4.78 is 5.13. The molecule has 2 aromatic carbocycles. The van der Waals surface area contributed by atoms with E-state index in [0.717, 1.165) is 28.9 Å². The van der Waals surface area contributed by atoms with Crippen molar-refractivity contribution < 1.29 is 23.9 Å². The molecule has 166 valence electrons. The largest absolute Gasteiger partial charge is 0.459 e. The lowest BCUT2D eigenvalue weighted by molar-refractivity contribution is -0.134. The quantitative estimate of drug-likeness (QED) is 0.555. The molecule has 1 aliphatic heterocycles. The number of nitrogens with zero attached hydrogens (tertiary/aromatic N) is 1. The van der Waals surface area contributed by atoms with Gasteiger partial charge in [-0.1, -0.05) is 24.3 Å². The number of carbonyl (C=O) groups is 4. The topological polar surface area (TPSA) is 105 Å². The summed E-state index contributed by atoms with van der Waals surface area (Å²) in [7, 11) is 0. The van der Waals surface area contributed by atoms with Gasteiger partial charge in [-0.2, -0.15) is 0 Å².